The van der Waals surface area contributed by atoms with Crippen LogP contribution in [-0.2, 0) is 6.54 Å². The van der Waals surface area contributed by atoms with Gasteiger partial charge >= 0.3 is 0 Å². The molecule has 5 heteroatoms. The van der Waals surface area contributed by atoms with Gasteiger partial charge < -0.3 is 9.64 Å². The average molecular weight is 312 g/mol. The van der Waals surface area contributed by atoms with Crippen LogP contribution in [0.15, 0.2) is 30.6 Å². The van der Waals surface area contributed by atoms with Crippen LogP contribution in [0.25, 0.3) is 0 Å². The number of piperazine rings is 1. The Morgan fingerprint density at radius 1 is 1.00 bits per heavy atom. The van der Waals surface area contributed by atoms with Gasteiger partial charge in [-0.1, -0.05) is 29.3 Å². The molecule has 2 heterocycles. The van der Waals surface area contributed by atoms with Gasteiger partial charge in [0.15, 0.2) is 5.82 Å². The first kappa shape index (κ1) is 15.7. The van der Waals surface area contributed by atoms with Crippen molar-refractivity contribution in [2.45, 2.75) is 20.4 Å². The van der Waals surface area contributed by atoms with E-state index < -0.39 is 0 Å². The number of aryl methyl sites for hydroxylation is 2. The summed E-state index contributed by atoms with van der Waals surface area (Å²) >= 11 is 0. The summed E-state index contributed by atoms with van der Waals surface area (Å²) in [6, 6.07) is 6.79. The number of nitrogens with zero attached hydrogens (tertiary/aromatic N) is 4. The van der Waals surface area contributed by atoms with Crippen LogP contribution in [0.5, 0.6) is 5.88 Å². The molecule has 1 aliphatic heterocycles. The zero-order valence-electron chi connectivity index (χ0n) is 14.1. The molecule has 23 heavy (non-hydrogen) atoms. The van der Waals surface area contributed by atoms with Crippen molar-refractivity contribution in [2.24, 2.45) is 0 Å². The normalized spacial score (nSPS) is 15.7. The summed E-state index contributed by atoms with van der Waals surface area (Å²) in [4.78, 5) is 13.4. The van der Waals surface area contributed by atoms with Gasteiger partial charge in [0.25, 0.3) is 0 Å². The average Bonchev–Trinajstić information content (AvgIpc) is 2.55. The van der Waals surface area contributed by atoms with Crippen LogP contribution in [0.4, 0.5) is 5.82 Å². The third kappa shape index (κ3) is 3.99. The number of aromatic nitrogens is 2. The van der Waals surface area contributed by atoms with Crippen molar-refractivity contribution in [1.29, 1.82) is 0 Å². The van der Waals surface area contributed by atoms with E-state index in [9.17, 15) is 0 Å². The molecule has 0 radical (unpaired) electrons. The van der Waals surface area contributed by atoms with Crippen LogP contribution in [0.3, 0.4) is 0 Å². The first-order valence-electron chi connectivity index (χ1n) is 8.04. The van der Waals surface area contributed by atoms with Crippen molar-refractivity contribution in [3.05, 3.63) is 47.3 Å². The molecule has 0 amide bonds. The number of methoxy groups -OCH3 is 1. The van der Waals surface area contributed by atoms with Crippen molar-refractivity contribution in [1.82, 2.24) is 14.9 Å². The predicted octanol–water partition coefficient (Wildman–Crippen LogP) is 2.42. The van der Waals surface area contributed by atoms with Crippen LogP contribution in [0, 0.1) is 13.8 Å². The Bertz CT molecular complexity index is 646. The fourth-order valence-corrected chi connectivity index (χ4v) is 3.14. The smallest absolute Gasteiger partial charge is 0.233 e. The lowest BCUT2D eigenvalue weighted by molar-refractivity contribution is 0.249. The lowest BCUT2D eigenvalue weighted by Crippen LogP contribution is -2.46. The van der Waals surface area contributed by atoms with Gasteiger partial charge in [-0.2, -0.15) is 4.98 Å². The molecule has 1 fully saturated rings. The Morgan fingerprint density at radius 2 is 1.70 bits per heavy atom. The second-order valence-electron chi connectivity index (χ2n) is 6.18. The lowest BCUT2D eigenvalue weighted by Gasteiger charge is -2.35. The molecular formula is C18H24N4O. The van der Waals surface area contributed by atoms with E-state index in [-0.39, 0.29) is 0 Å². The monoisotopic (exact) mass is 312 g/mol. The summed E-state index contributed by atoms with van der Waals surface area (Å²) in [7, 11) is 1.62. The van der Waals surface area contributed by atoms with Crippen molar-refractivity contribution in [2.75, 3.05) is 38.2 Å². The van der Waals surface area contributed by atoms with Gasteiger partial charge in [0.2, 0.25) is 5.88 Å². The van der Waals surface area contributed by atoms with Crippen molar-refractivity contribution < 1.29 is 4.74 Å². The summed E-state index contributed by atoms with van der Waals surface area (Å²) in [5, 5.41) is 0. The molecular weight excluding hydrogens is 288 g/mol. The van der Waals surface area contributed by atoms with E-state index in [1.165, 1.54) is 16.7 Å². The van der Waals surface area contributed by atoms with E-state index in [1.54, 1.807) is 13.3 Å². The van der Waals surface area contributed by atoms with Crippen LogP contribution < -0.4 is 9.64 Å². The van der Waals surface area contributed by atoms with E-state index in [0.29, 0.717) is 5.88 Å². The summed E-state index contributed by atoms with van der Waals surface area (Å²) in [5.41, 5.74) is 4.08. The molecule has 0 saturated carbocycles. The van der Waals surface area contributed by atoms with Crippen LogP contribution in [0.2, 0.25) is 0 Å². The maximum absolute atomic E-state index is 5.16. The zero-order valence-corrected chi connectivity index (χ0v) is 14.1. The Kier molecular flexibility index (Phi) is 4.76. The van der Waals surface area contributed by atoms with Gasteiger partial charge in [0.1, 0.15) is 0 Å². The summed E-state index contributed by atoms with van der Waals surface area (Å²) in [6.45, 7) is 9.34. The Labute approximate surface area is 137 Å². The summed E-state index contributed by atoms with van der Waals surface area (Å²) in [6.07, 6.45) is 3.45. The van der Waals surface area contributed by atoms with Crippen molar-refractivity contribution >= 4 is 5.82 Å². The Morgan fingerprint density at radius 3 is 2.35 bits per heavy atom. The SMILES string of the molecule is COc1cncc(N2CCN(Cc3cc(C)cc(C)c3)CC2)n1. The molecule has 0 N–H and O–H groups in total. The maximum Gasteiger partial charge on any atom is 0.233 e. The predicted molar refractivity (Wildman–Crippen MR) is 92.0 cm³/mol. The minimum atomic E-state index is 0.570. The quantitative estimate of drug-likeness (QED) is 0.867. The standard InChI is InChI=1S/C18H24N4O/c1-14-8-15(2)10-16(9-14)13-21-4-6-22(7-5-21)17-11-19-12-18(20-17)23-3/h8-12H,4-7,13H2,1-3H3. The molecule has 0 unspecified atom stereocenters. The van der Waals surface area contributed by atoms with Gasteiger partial charge in [-0.05, 0) is 19.4 Å². The second-order valence-corrected chi connectivity index (χ2v) is 6.18. The fourth-order valence-electron chi connectivity index (χ4n) is 3.14. The molecule has 0 bridgehead atoms. The number of hydrogen-bond donors (Lipinski definition) is 0. The fraction of sp³-hybridized carbons (Fsp3) is 0.444. The van der Waals surface area contributed by atoms with Gasteiger partial charge in [-0.25, -0.2) is 0 Å². The van der Waals surface area contributed by atoms with E-state index in [4.69, 9.17) is 4.74 Å². The molecule has 122 valence electrons. The van der Waals surface area contributed by atoms with Gasteiger partial charge in [0, 0.05) is 32.7 Å². The van der Waals surface area contributed by atoms with Crippen LogP contribution >= 0.6 is 0 Å². The number of ether oxygens (including phenoxy) is 1. The van der Waals surface area contributed by atoms with E-state index >= 15 is 0 Å². The molecule has 0 aliphatic carbocycles. The van der Waals surface area contributed by atoms with Crippen LogP contribution in [-0.4, -0.2) is 48.2 Å². The molecule has 1 aromatic carbocycles. The molecule has 1 aliphatic rings. The summed E-state index contributed by atoms with van der Waals surface area (Å²) < 4.78 is 5.16. The second kappa shape index (κ2) is 6.96. The summed E-state index contributed by atoms with van der Waals surface area (Å²) in [5.74, 6) is 1.47. The third-order valence-electron chi connectivity index (χ3n) is 4.19. The highest BCUT2D eigenvalue weighted by molar-refractivity contribution is 5.38. The number of anilines is 1. The first-order chi connectivity index (χ1) is 11.1. The highest BCUT2D eigenvalue weighted by Gasteiger charge is 2.18. The number of benzene rings is 1. The molecule has 0 atom stereocenters. The molecule has 2 aromatic rings. The molecule has 1 saturated heterocycles. The van der Waals surface area contributed by atoms with E-state index in [0.717, 1.165) is 38.5 Å². The van der Waals surface area contributed by atoms with Crippen molar-refractivity contribution in [3.8, 4) is 5.88 Å². The Balaban J connectivity index is 1.59. The van der Waals surface area contributed by atoms with Gasteiger partial charge in [-0.15, -0.1) is 0 Å². The molecule has 3 rings (SSSR count). The zero-order chi connectivity index (χ0) is 16.2. The maximum atomic E-state index is 5.16. The number of hydrogen-bond acceptors (Lipinski definition) is 5. The lowest BCUT2D eigenvalue weighted by atomic mass is 10.1. The Hall–Kier alpha value is -2.14. The molecule has 1 aromatic heterocycles. The van der Waals surface area contributed by atoms with Crippen LogP contribution in [0.1, 0.15) is 16.7 Å². The third-order valence-corrected chi connectivity index (χ3v) is 4.19. The highest BCUT2D eigenvalue weighted by atomic mass is 16.5. The topological polar surface area (TPSA) is 41.5 Å². The molecule has 0 spiro atoms. The highest BCUT2D eigenvalue weighted by Crippen LogP contribution is 2.17. The van der Waals surface area contributed by atoms with E-state index in [1.807, 2.05) is 6.20 Å². The minimum Gasteiger partial charge on any atom is -0.480 e. The van der Waals surface area contributed by atoms with E-state index in [2.05, 4.69) is 51.8 Å². The first-order valence-corrected chi connectivity index (χ1v) is 8.04. The molecule has 5 nitrogen and oxygen atoms in total. The minimum absolute atomic E-state index is 0.570. The number of rotatable bonds is 4. The van der Waals surface area contributed by atoms with Crippen molar-refractivity contribution in [3.63, 3.8) is 0 Å². The van der Waals surface area contributed by atoms with Gasteiger partial charge in [0.05, 0.1) is 19.5 Å². The van der Waals surface area contributed by atoms with Gasteiger partial charge in [-0.3, -0.25) is 9.88 Å². The largest absolute Gasteiger partial charge is 0.480 e.